The van der Waals surface area contributed by atoms with Crippen LogP contribution in [0.15, 0.2) is 48.5 Å². The van der Waals surface area contributed by atoms with Crippen LogP contribution in [0.2, 0.25) is 0 Å². The lowest BCUT2D eigenvalue weighted by Crippen LogP contribution is -2.28. The van der Waals surface area contributed by atoms with Gasteiger partial charge in [-0.15, -0.1) is 11.8 Å². The Bertz CT molecular complexity index is 824. The first-order valence-electron chi connectivity index (χ1n) is 8.85. The first-order valence-corrected chi connectivity index (χ1v) is 10.0. The van der Waals surface area contributed by atoms with E-state index in [1.165, 1.54) is 0 Å². The van der Waals surface area contributed by atoms with Crippen LogP contribution in [0.1, 0.15) is 16.7 Å². The molecule has 148 valence electrons. The summed E-state index contributed by atoms with van der Waals surface area (Å²) in [5.74, 6) is -0.950. The molecule has 0 unspecified atom stereocenters. The maximum absolute atomic E-state index is 12.0. The van der Waals surface area contributed by atoms with Crippen LogP contribution < -0.4 is 10.6 Å². The van der Waals surface area contributed by atoms with Gasteiger partial charge in [0.25, 0.3) is 5.91 Å². The number of carbonyl (C=O) groups excluding carboxylic acids is 3. The Hall–Kier alpha value is -2.80. The zero-order valence-electron chi connectivity index (χ0n) is 16.0. The predicted octanol–water partition coefficient (Wildman–Crippen LogP) is 2.83. The molecule has 0 aliphatic carbocycles. The topological polar surface area (TPSA) is 84.5 Å². The van der Waals surface area contributed by atoms with Gasteiger partial charge in [-0.1, -0.05) is 48.0 Å². The fourth-order valence-corrected chi connectivity index (χ4v) is 3.01. The zero-order chi connectivity index (χ0) is 20.4. The molecule has 2 amide bonds. The fraction of sp³-hybridized carbons (Fsp3) is 0.286. The zero-order valence-corrected chi connectivity index (χ0v) is 16.8. The number of carbonyl (C=O) groups is 3. The molecule has 6 nitrogen and oxygen atoms in total. The van der Waals surface area contributed by atoms with Crippen molar-refractivity contribution in [3.05, 3.63) is 65.2 Å². The van der Waals surface area contributed by atoms with Gasteiger partial charge in [-0.25, -0.2) is 0 Å². The van der Waals surface area contributed by atoms with Crippen LogP contribution in [0.25, 0.3) is 0 Å². The summed E-state index contributed by atoms with van der Waals surface area (Å²) in [6.45, 7) is 3.96. The first kappa shape index (κ1) is 21.5. The van der Waals surface area contributed by atoms with Crippen molar-refractivity contribution in [1.82, 2.24) is 5.32 Å². The molecule has 2 rings (SSSR count). The molecule has 0 saturated carbocycles. The summed E-state index contributed by atoms with van der Waals surface area (Å²) in [6.07, 6.45) is 0. The second-order valence-electron chi connectivity index (χ2n) is 6.28. The number of hydrogen-bond donors (Lipinski definition) is 2. The number of esters is 1. The Morgan fingerprint density at radius 3 is 2.43 bits per heavy atom. The summed E-state index contributed by atoms with van der Waals surface area (Å²) in [6, 6.07) is 15.2. The number of nitrogens with one attached hydrogen (secondary N) is 2. The first-order chi connectivity index (χ1) is 13.4. The van der Waals surface area contributed by atoms with Crippen LogP contribution in [0.5, 0.6) is 0 Å². The molecule has 0 aliphatic heterocycles. The van der Waals surface area contributed by atoms with Gasteiger partial charge in [0.05, 0.1) is 11.5 Å². The lowest BCUT2D eigenvalue weighted by Gasteiger charge is -2.09. The molecular weight excluding hydrogens is 376 g/mol. The van der Waals surface area contributed by atoms with Crippen LogP contribution in [0.3, 0.4) is 0 Å². The van der Waals surface area contributed by atoms with Crippen molar-refractivity contribution in [2.24, 2.45) is 0 Å². The van der Waals surface area contributed by atoms with Crippen LogP contribution in [-0.4, -0.2) is 35.9 Å². The molecule has 0 radical (unpaired) electrons. The van der Waals surface area contributed by atoms with Gasteiger partial charge in [-0.3, -0.25) is 14.4 Å². The third kappa shape index (κ3) is 7.84. The molecule has 7 heteroatoms. The van der Waals surface area contributed by atoms with Crippen molar-refractivity contribution in [3.8, 4) is 0 Å². The number of aryl methyl sites for hydroxylation is 2. The van der Waals surface area contributed by atoms with Gasteiger partial charge < -0.3 is 15.4 Å². The molecule has 0 bridgehead atoms. The largest absolute Gasteiger partial charge is 0.455 e. The molecule has 0 heterocycles. The number of hydrogen-bond acceptors (Lipinski definition) is 5. The number of amides is 2. The minimum atomic E-state index is -0.529. The third-order valence-electron chi connectivity index (χ3n) is 3.81. The maximum atomic E-state index is 12.0. The average molecular weight is 401 g/mol. The fourth-order valence-electron chi connectivity index (χ4n) is 2.40. The van der Waals surface area contributed by atoms with Crippen LogP contribution in [0, 0.1) is 13.8 Å². The standard InChI is InChI=1S/C21H24N2O4S/c1-15-8-9-18(16(2)10-15)23-20(25)13-28-14-21(26)27-12-19(24)22-11-17-6-4-3-5-7-17/h3-10H,11-14H2,1-2H3,(H,22,24)(H,23,25). The van der Waals surface area contributed by atoms with Gasteiger partial charge in [0.15, 0.2) is 6.61 Å². The van der Waals surface area contributed by atoms with E-state index >= 15 is 0 Å². The Balaban J connectivity index is 1.60. The van der Waals surface area contributed by atoms with Gasteiger partial charge in [0, 0.05) is 12.2 Å². The summed E-state index contributed by atoms with van der Waals surface area (Å²) >= 11 is 1.14. The molecule has 0 aliphatic rings. The molecule has 2 aromatic rings. The van der Waals surface area contributed by atoms with E-state index < -0.39 is 5.97 Å². The maximum Gasteiger partial charge on any atom is 0.316 e. The van der Waals surface area contributed by atoms with Crippen molar-refractivity contribution in [2.45, 2.75) is 20.4 Å². The van der Waals surface area contributed by atoms with E-state index in [-0.39, 0.29) is 29.9 Å². The molecule has 2 aromatic carbocycles. The monoisotopic (exact) mass is 400 g/mol. The van der Waals surface area contributed by atoms with Gasteiger partial charge in [0.1, 0.15) is 0 Å². The van der Waals surface area contributed by atoms with E-state index in [9.17, 15) is 14.4 Å². The highest BCUT2D eigenvalue weighted by Crippen LogP contribution is 2.16. The Morgan fingerprint density at radius 1 is 0.964 bits per heavy atom. The van der Waals surface area contributed by atoms with Crippen molar-refractivity contribution in [2.75, 3.05) is 23.4 Å². The summed E-state index contributed by atoms with van der Waals surface area (Å²) in [7, 11) is 0. The summed E-state index contributed by atoms with van der Waals surface area (Å²) < 4.78 is 4.92. The highest BCUT2D eigenvalue weighted by molar-refractivity contribution is 8.00. The lowest BCUT2D eigenvalue weighted by atomic mass is 10.1. The van der Waals surface area contributed by atoms with E-state index in [0.717, 1.165) is 34.1 Å². The van der Waals surface area contributed by atoms with Crippen LogP contribution in [0.4, 0.5) is 5.69 Å². The summed E-state index contributed by atoms with van der Waals surface area (Å²) in [5, 5.41) is 5.50. The smallest absolute Gasteiger partial charge is 0.316 e. The van der Waals surface area contributed by atoms with E-state index in [1.807, 2.05) is 62.4 Å². The quantitative estimate of drug-likeness (QED) is 0.633. The Kier molecular flexibility index (Phi) is 8.55. The van der Waals surface area contributed by atoms with Crippen LogP contribution >= 0.6 is 11.8 Å². The molecule has 0 aromatic heterocycles. The highest BCUT2D eigenvalue weighted by atomic mass is 32.2. The molecule has 0 saturated heterocycles. The normalized spacial score (nSPS) is 10.2. The number of thioether (sulfide) groups is 1. The minimum Gasteiger partial charge on any atom is -0.455 e. The van der Waals surface area contributed by atoms with E-state index in [4.69, 9.17) is 4.74 Å². The van der Waals surface area contributed by atoms with Crippen molar-refractivity contribution < 1.29 is 19.1 Å². The second kappa shape index (κ2) is 11.1. The van der Waals surface area contributed by atoms with Crippen molar-refractivity contribution >= 4 is 35.2 Å². The summed E-state index contributed by atoms with van der Waals surface area (Å²) in [5.41, 5.74) is 3.83. The molecule has 0 spiro atoms. The van der Waals surface area contributed by atoms with Crippen molar-refractivity contribution in [3.63, 3.8) is 0 Å². The SMILES string of the molecule is Cc1ccc(NC(=O)CSCC(=O)OCC(=O)NCc2ccccc2)c(C)c1. The molecular formula is C21H24N2O4S. The number of ether oxygens (including phenoxy) is 1. The van der Waals surface area contributed by atoms with Gasteiger partial charge in [-0.05, 0) is 31.0 Å². The van der Waals surface area contributed by atoms with E-state index in [2.05, 4.69) is 10.6 Å². The highest BCUT2D eigenvalue weighted by Gasteiger charge is 2.10. The van der Waals surface area contributed by atoms with Gasteiger partial charge in [-0.2, -0.15) is 0 Å². The Morgan fingerprint density at radius 2 is 1.71 bits per heavy atom. The van der Waals surface area contributed by atoms with E-state index in [0.29, 0.717) is 6.54 Å². The second-order valence-corrected chi connectivity index (χ2v) is 7.27. The number of anilines is 1. The third-order valence-corrected chi connectivity index (χ3v) is 4.71. The van der Waals surface area contributed by atoms with Gasteiger partial charge in [0.2, 0.25) is 5.91 Å². The van der Waals surface area contributed by atoms with E-state index in [1.54, 1.807) is 0 Å². The lowest BCUT2D eigenvalue weighted by molar-refractivity contribution is -0.145. The Labute approximate surface area is 169 Å². The number of benzene rings is 2. The van der Waals surface area contributed by atoms with Crippen molar-refractivity contribution in [1.29, 1.82) is 0 Å². The van der Waals surface area contributed by atoms with Crippen LogP contribution in [-0.2, 0) is 25.7 Å². The number of rotatable bonds is 9. The average Bonchev–Trinajstić information content (AvgIpc) is 2.68. The summed E-state index contributed by atoms with van der Waals surface area (Å²) in [4.78, 5) is 35.4. The minimum absolute atomic E-state index is 0.00622. The molecule has 0 atom stereocenters. The molecule has 2 N–H and O–H groups in total. The predicted molar refractivity (Wildman–Crippen MR) is 111 cm³/mol. The molecule has 0 fully saturated rings. The molecule has 28 heavy (non-hydrogen) atoms. The van der Waals surface area contributed by atoms with Gasteiger partial charge >= 0.3 is 5.97 Å².